The minimum Gasteiger partial charge on any atom is -0.467 e. The fourth-order valence-electron chi connectivity index (χ4n) is 3.21. The number of para-hydroxylation sites is 1. The van der Waals surface area contributed by atoms with E-state index in [0.717, 1.165) is 31.2 Å². The minimum absolute atomic E-state index is 0.268. The zero-order valence-corrected chi connectivity index (χ0v) is 14.6. The second kappa shape index (κ2) is 7.84. The molecule has 1 aliphatic rings. The van der Waals surface area contributed by atoms with Crippen LogP contribution in [0.15, 0.2) is 30.5 Å². The maximum atomic E-state index is 13.0. The van der Waals surface area contributed by atoms with Crippen LogP contribution >= 0.6 is 0 Å². The van der Waals surface area contributed by atoms with Crippen LogP contribution in [0.4, 0.5) is 38.0 Å². The average Bonchev–Trinajstić information content (AvgIpc) is 3.13. The van der Waals surface area contributed by atoms with Crippen molar-refractivity contribution in [2.75, 3.05) is 11.9 Å². The molecule has 1 aliphatic carbocycles. The van der Waals surface area contributed by atoms with E-state index in [1.807, 2.05) is 12.1 Å². The number of halogens is 6. The number of ether oxygens (including phenoxy) is 1. The van der Waals surface area contributed by atoms with Gasteiger partial charge < -0.3 is 10.1 Å². The smallest absolute Gasteiger partial charge is 0.423 e. The molecule has 0 amide bonds. The molecular weight excluding hydrogens is 388 g/mol. The average molecular weight is 405 g/mol. The highest BCUT2D eigenvalue weighted by Crippen LogP contribution is 2.39. The molecule has 28 heavy (non-hydrogen) atoms. The summed E-state index contributed by atoms with van der Waals surface area (Å²) < 4.78 is 80.5. The van der Waals surface area contributed by atoms with E-state index < -0.39 is 30.4 Å². The molecule has 0 aliphatic heterocycles. The molecule has 0 spiro atoms. The van der Waals surface area contributed by atoms with Gasteiger partial charge in [-0.15, -0.1) is 0 Å². The summed E-state index contributed by atoms with van der Waals surface area (Å²) in [5.74, 6) is -1.13. The lowest BCUT2D eigenvalue weighted by Crippen LogP contribution is -2.22. The third-order valence-electron chi connectivity index (χ3n) is 4.43. The van der Waals surface area contributed by atoms with E-state index in [1.165, 1.54) is 0 Å². The molecule has 3 rings (SSSR count). The molecule has 10 heteroatoms. The number of alkyl halides is 6. The Bertz CT molecular complexity index is 816. The fourth-order valence-corrected chi connectivity index (χ4v) is 3.21. The number of benzene rings is 1. The van der Waals surface area contributed by atoms with Gasteiger partial charge in [-0.25, -0.2) is 4.98 Å². The van der Waals surface area contributed by atoms with Gasteiger partial charge in [0, 0.05) is 11.9 Å². The Morgan fingerprint density at radius 1 is 1.04 bits per heavy atom. The summed E-state index contributed by atoms with van der Waals surface area (Å²) in [7, 11) is 0. The topological polar surface area (TPSA) is 47.0 Å². The van der Waals surface area contributed by atoms with Crippen LogP contribution in [-0.2, 0) is 6.18 Å². The van der Waals surface area contributed by atoms with Gasteiger partial charge >= 0.3 is 12.4 Å². The van der Waals surface area contributed by atoms with Gasteiger partial charge in [-0.2, -0.15) is 31.3 Å². The van der Waals surface area contributed by atoms with E-state index in [0.29, 0.717) is 17.8 Å². The number of nitrogens with one attached hydrogen (secondary N) is 1. The molecule has 1 heterocycles. The van der Waals surface area contributed by atoms with Crippen LogP contribution in [0.25, 0.3) is 0 Å². The SMILES string of the molecule is FC(F)(F)COc1nc(Nc2ccccc2C2CCCC2)ncc1C(F)(F)F. The minimum atomic E-state index is -4.94. The van der Waals surface area contributed by atoms with Crippen molar-refractivity contribution < 1.29 is 31.1 Å². The number of rotatable bonds is 5. The van der Waals surface area contributed by atoms with Gasteiger partial charge in [0.2, 0.25) is 11.8 Å². The van der Waals surface area contributed by atoms with E-state index >= 15 is 0 Å². The molecule has 2 aromatic rings. The van der Waals surface area contributed by atoms with Gasteiger partial charge in [0.05, 0.1) is 0 Å². The van der Waals surface area contributed by atoms with Gasteiger partial charge in [0.1, 0.15) is 5.56 Å². The molecular formula is C18H17F6N3O. The van der Waals surface area contributed by atoms with Crippen molar-refractivity contribution in [3.63, 3.8) is 0 Å². The van der Waals surface area contributed by atoms with Crippen molar-refractivity contribution >= 4 is 11.6 Å². The van der Waals surface area contributed by atoms with E-state index in [1.54, 1.807) is 12.1 Å². The molecule has 0 saturated heterocycles. The number of hydrogen-bond acceptors (Lipinski definition) is 4. The van der Waals surface area contributed by atoms with E-state index in [-0.39, 0.29) is 5.95 Å². The highest BCUT2D eigenvalue weighted by atomic mass is 19.4. The third kappa shape index (κ3) is 5.05. The van der Waals surface area contributed by atoms with Crippen LogP contribution in [0.3, 0.4) is 0 Å². The van der Waals surface area contributed by atoms with Crippen molar-refractivity contribution in [2.45, 2.75) is 44.0 Å². The summed E-state index contributed by atoms with van der Waals surface area (Å²) in [6.07, 6.45) is -5.16. The molecule has 0 atom stereocenters. The van der Waals surface area contributed by atoms with Gasteiger partial charge in [0.25, 0.3) is 0 Å². The predicted molar refractivity (Wildman–Crippen MR) is 89.5 cm³/mol. The van der Waals surface area contributed by atoms with Crippen LogP contribution in [0.1, 0.15) is 42.7 Å². The normalized spacial score (nSPS) is 15.6. The quantitative estimate of drug-likeness (QED) is 0.635. The van der Waals surface area contributed by atoms with Crippen molar-refractivity contribution in [2.24, 2.45) is 0 Å². The second-order valence-electron chi connectivity index (χ2n) is 6.51. The van der Waals surface area contributed by atoms with E-state index in [2.05, 4.69) is 20.0 Å². The van der Waals surface area contributed by atoms with Crippen molar-refractivity contribution in [3.05, 3.63) is 41.6 Å². The Kier molecular flexibility index (Phi) is 5.66. The zero-order valence-electron chi connectivity index (χ0n) is 14.6. The summed E-state index contributed by atoms with van der Waals surface area (Å²) in [5, 5.41) is 2.81. The summed E-state index contributed by atoms with van der Waals surface area (Å²) in [6.45, 7) is -1.88. The molecule has 0 radical (unpaired) electrons. The maximum absolute atomic E-state index is 13.0. The van der Waals surface area contributed by atoms with Gasteiger partial charge in [-0.3, -0.25) is 0 Å². The number of aromatic nitrogens is 2. The number of hydrogen-bond donors (Lipinski definition) is 1. The van der Waals surface area contributed by atoms with Crippen LogP contribution < -0.4 is 10.1 Å². The molecule has 1 saturated carbocycles. The highest BCUT2D eigenvalue weighted by molar-refractivity contribution is 5.60. The van der Waals surface area contributed by atoms with Gasteiger partial charge in [-0.05, 0) is 30.4 Å². The Labute approximate surface area is 156 Å². The molecule has 0 bridgehead atoms. The van der Waals surface area contributed by atoms with Crippen molar-refractivity contribution in [1.82, 2.24) is 9.97 Å². The molecule has 1 fully saturated rings. The predicted octanol–water partition coefficient (Wildman–Crippen LogP) is 5.84. The maximum Gasteiger partial charge on any atom is 0.423 e. The van der Waals surface area contributed by atoms with Crippen molar-refractivity contribution in [1.29, 1.82) is 0 Å². The molecule has 1 N–H and O–H groups in total. The molecule has 1 aromatic heterocycles. The van der Waals surface area contributed by atoms with Crippen molar-refractivity contribution in [3.8, 4) is 5.88 Å². The van der Waals surface area contributed by atoms with Gasteiger partial charge in [0.15, 0.2) is 6.61 Å². The lowest BCUT2D eigenvalue weighted by molar-refractivity contribution is -0.159. The first-order valence-electron chi connectivity index (χ1n) is 8.63. The summed E-state index contributed by atoms with van der Waals surface area (Å²) in [4.78, 5) is 7.15. The number of nitrogens with zero attached hydrogens (tertiary/aromatic N) is 2. The summed E-state index contributed by atoms with van der Waals surface area (Å²) in [6, 6.07) is 7.23. The first kappa shape index (κ1) is 20.2. The van der Waals surface area contributed by atoms with E-state index in [4.69, 9.17) is 0 Å². The number of anilines is 2. The zero-order chi connectivity index (χ0) is 20.4. The Hall–Kier alpha value is -2.52. The van der Waals surface area contributed by atoms with Gasteiger partial charge in [-0.1, -0.05) is 31.0 Å². The largest absolute Gasteiger partial charge is 0.467 e. The Morgan fingerprint density at radius 3 is 2.36 bits per heavy atom. The summed E-state index contributed by atoms with van der Waals surface area (Å²) >= 11 is 0. The molecule has 152 valence electrons. The lowest BCUT2D eigenvalue weighted by atomic mass is 9.96. The Balaban J connectivity index is 1.89. The molecule has 4 nitrogen and oxygen atoms in total. The third-order valence-corrected chi connectivity index (χ3v) is 4.43. The standard InChI is InChI=1S/C18H17F6N3O/c19-17(20,21)10-28-15-13(18(22,23)24)9-25-16(27-15)26-14-8-4-3-7-12(14)11-5-1-2-6-11/h3-4,7-9,11H,1-2,5-6,10H2,(H,25,26,27). The lowest BCUT2D eigenvalue weighted by Gasteiger charge is -2.17. The first-order chi connectivity index (χ1) is 13.1. The molecule has 0 unspecified atom stereocenters. The highest BCUT2D eigenvalue weighted by Gasteiger charge is 2.38. The van der Waals surface area contributed by atoms with Crippen LogP contribution in [0, 0.1) is 0 Å². The molecule has 1 aromatic carbocycles. The monoisotopic (exact) mass is 405 g/mol. The fraction of sp³-hybridized carbons (Fsp3) is 0.444. The summed E-state index contributed by atoms with van der Waals surface area (Å²) in [5.41, 5.74) is 0.114. The second-order valence-corrected chi connectivity index (χ2v) is 6.51. The van der Waals surface area contributed by atoms with Crippen LogP contribution in [0.2, 0.25) is 0 Å². The van der Waals surface area contributed by atoms with E-state index in [9.17, 15) is 26.3 Å². The Morgan fingerprint density at radius 2 is 1.71 bits per heavy atom. The van der Waals surface area contributed by atoms with Crippen LogP contribution in [-0.4, -0.2) is 22.8 Å². The first-order valence-corrected chi connectivity index (χ1v) is 8.63. The van der Waals surface area contributed by atoms with Crippen LogP contribution in [0.5, 0.6) is 5.88 Å².